The van der Waals surface area contributed by atoms with Crippen molar-refractivity contribution in [3.05, 3.63) is 0 Å². The maximum absolute atomic E-state index is 11.2. The average Bonchev–Trinajstić information content (AvgIpc) is 2.23. The fraction of sp³-hybridized carbons (Fsp3) is 1.00. The third-order valence-corrected chi connectivity index (χ3v) is 7.41. The van der Waals surface area contributed by atoms with Gasteiger partial charge in [-0.3, -0.25) is 9.13 Å². The molecule has 0 amide bonds. The lowest BCUT2D eigenvalue weighted by atomic mass is 9.90. The zero-order valence-corrected chi connectivity index (χ0v) is 12.4. The van der Waals surface area contributed by atoms with E-state index in [9.17, 15) is 9.13 Å². The van der Waals surface area contributed by atoms with Gasteiger partial charge in [-0.15, -0.1) is 0 Å². The van der Waals surface area contributed by atoms with Crippen LogP contribution in [0.25, 0.3) is 0 Å². The molecule has 108 valence electrons. The Kier molecular flexibility index (Phi) is 5.90. The van der Waals surface area contributed by atoms with Crippen LogP contribution >= 0.6 is 27.8 Å². The Morgan fingerprint density at radius 2 is 1.61 bits per heavy atom. The highest BCUT2D eigenvalue weighted by molar-refractivity contribution is 7.80. The highest BCUT2D eigenvalue weighted by Gasteiger charge is 2.44. The van der Waals surface area contributed by atoms with Gasteiger partial charge in [0.05, 0.1) is 0 Å². The molecule has 2 atom stereocenters. The van der Waals surface area contributed by atoms with Crippen LogP contribution in [-0.2, 0) is 9.13 Å². The first-order valence-electron chi connectivity index (χ1n) is 5.56. The Balaban J connectivity index is 2.73. The molecule has 2 unspecified atom stereocenters. The van der Waals surface area contributed by atoms with E-state index in [1.165, 1.54) is 0 Å². The number of nitrogens with one attached hydrogen (secondary N) is 1. The predicted octanol–water partition coefficient (Wildman–Crippen LogP) is 0.213. The van der Waals surface area contributed by atoms with Gasteiger partial charge in [-0.25, -0.2) is 0 Å². The van der Waals surface area contributed by atoms with Crippen LogP contribution in [0.5, 0.6) is 0 Å². The van der Waals surface area contributed by atoms with E-state index in [1.807, 2.05) is 0 Å². The second-order valence-corrected chi connectivity index (χ2v) is 9.08. The minimum absolute atomic E-state index is 0.152. The zero-order chi connectivity index (χ0) is 14.0. The molecule has 0 bridgehead atoms. The van der Waals surface area contributed by atoms with Gasteiger partial charge in [-0.2, -0.15) is 12.6 Å². The van der Waals surface area contributed by atoms with E-state index in [0.29, 0.717) is 18.7 Å². The average molecular weight is 319 g/mol. The number of hydrogen-bond acceptors (Lipinski definition) is 4. The Morgan fingerprint density at radius 3 is 2.06 bits per heavy atom. The minimum Gasteiger partial charge on any atom is -0.324 e. The molecular formula is C8H19NO6P2S. The summed E-state index contributed by atoms with van der Waals surface area (Å²) >= 11 is 4.16. The molecule has 0 aromatic rings. The molecule has 0 saturated carbocycles. The topological polar surface area (TPSA) is 127 Å². The normalized spacial score (nSPS) is 26.6. The molecule has 0 aliphatic carbocycles. The molecule has 0 spiro atoms. The molecule has 7 nitrogen and oxygen atoms in total. The first-order chi connectivity index (χ1) is 8.14. The summed E-state index contributed by atoms with van der Waals surface area (Å²) in [5, 5.41) is 1.20. The van der Waals surface area contributed by atoms with E-state index in [1.54, 1.807) is 0 Å². The number of thiol groups is 1. The summed E-state index contributed by atoms with van der Waals surface area (Å²) in [6.45, 7) is 1.29. The zero-order valence-electron chi connectivity index (χ0n) is 9.71. The summed E-state index contributed by atoms with van der Waals surface area (Å²) in [4.78, 5) is 36.2. The van der Waals surface area contributed by atoms with Gasteiger partial charge in [0.15, 0.2) is 5.40 Å². The Bertz CT molecular complexity index is 347. The predicted molar refractivity (Wildman–Crippen MR) is 70.8 cm³/mol. The smallest absolute Gasteiger partial charge is 0.324 e. The maximum Gasteiger partial charge on any atom is 0.340 e. The number of rotatable bonds is 5. The Morgan fingerprint density at radius 1 is 1.11 bits per heavy atom. The number of piperidine rings is 1. The molecule has 1 rings (SSSR count). The summed E-state index contributed by atoms with van der Waals surface area (Å²) in [6.07, 6.45) is 0.499. The molecule has 10 heteroatoms. The van der Waals surface area contributed by atoms with Gasteiger partial charge in [0.1, 0.15) is 0 Å². The van der Waals surface area contributed by atoms with Crippen molar-refractivity contribution in [3.63, 3.8) is 0 Å². The maximum atomic E-state index is 11.2. The van der Waals surface area contributed by atoms with Crippen molar-refractivity contribution in [1.82, 2.24) is 5.32 Å². The van der Waals surface area contributed by atoms with E-state index in [4.69, 9.17) is 19.6 Å². The van der Waals surface area contributed by atoms with Crippen LogP contribution in [0.15, 0.2) is 0 Å². The van der Waals surface area contributed by atoms with Crippen LogP contribution in [0, 0.1) is 11.8 Å². The van der Waals surface area contributed by atoms with Gasteiger partial charge < -0.3 is 24.9 Å². The number of hydrogen-bond donors (Lipinski definition) is 6. The summed E-state index contributed by atoms with van der Waals surface area (Å²) in [7, 11) is -9.60. The van der Waals surface area contributed by atoms with Gasteiger partial charge in [0.25, 0.3) is 0 Å². The standard InChI is InChI=1S/C8H19NO6P2S/c10-16(11,12)8(17(13,14)15)2-6-1-7(5-18)4-9-3-6/h6-9,18H,1-5H2,(H2,10,11,12)(H2,13,14,15). The van der Waals surface area contributed by atoms with Crippen molar-refractivity contribution in [2.24, 2.45) is 11.8 Å². The van der Waals surface area contributed by atoms with Crippen molar-refractivity contribution in [2.75, 3.05) is 18.8 Å². The first-order valence-corrected chi connectivity index (χ1v) is 9.56. The van der Waals surface area contributed by atoms with Crippen molar-refractivity contribution in [1.29, 1.82) is 0 Å². The largest absolute Gasteiger partial charge is 0.340 e. The van der Waals surface area contributed by atoms with E-state index in [0.717, 1.165) is 6.54 Å². The Labute approximate surface area is 111 Å². The summed E-state index contributed by atoms with van der Waals surface area (Å²) in [6, 6.07) is 0. The van der Waals surface area contributed by atoms with Crippen LogP contribution in [0.2, 0.25) is 0 Å². The van der Waals surface area contributed by atoms with Gasteiger partial charge in [0, 0.05) is 0 Å². The SMILES string of the molecule is O=P(O)(O)C(CC1CNCC(CS)C1)P(=O)(O)O. The van der Waals surface area contributed by atoms with Gasteiger partial charge in [0.2, 0.25) is 0 Å². The summed E-state index contributed by atoms with van der Waals surface area (Å²) in [5.74, 6) is 0.752. The van der Waals surface area contributed by atoms with Crippen LogP contribution in [0.4, 0.5) is 0 Å². The molecule has 1 saturated heterocycles. The monoisotopic (exact) mass is 319 g/mol. The molecule has 1 aliphatic heterocycles. The van der Waals surface area contributed by atoms with E-state index in [-0.39, 0.29) is 18.3 Å². The van der Waals surface area contributed by atoms with Crippen LogP contribution in [0.3, 0.4) is 0 Å². The van der Waals surface area contributed by atoms with Crippen LogP contribution < -0.4 is 5.32 Å². The van der Waals surface area contributed by atoms with Crippen molar-refractivity contribution in [2.45, 2.75) is 18.2 Å². The highest BCUT2D eigenvalue weighted by Crippen LogP contribution is 2.62. The van der Waals surface area contributed by atoms with Gasteiger partial charge >= 0.3 is 15.2 Å². The van der Waals surface area contributed by atoms with E-state index < -0.39 is 20.6 Å². The molecule has 5 N–H and O–H groups in total. The second-order valence-electron chi connectivity index (χ2n) is 4.70. The molecule has 1 aliphatic rings. The third kappa shape index (κ3) is 4.94. The van der Waals surface area contributed by atoms with E-state index >= 15 is 0 Å². The molecule has 0 aromatic heterocycles. The summed E-state index contributed by atoms with van der Waals surface area (Å²) in [5.41, 5.74) is 0. The van der Waals surface area contributed by atoms with Crippen molar-refractivity contribution >= 4 is 27.8 Å². The minimum atomic E-state index is -4.80. The van der Waals surface area contributed by atoms with Gasteiger partial charge in [-0.1, -0.05) is 0 Å². The van der Waals surface area contributed by atoms with Crippen molar-refractivity contribution in [3.8, 4) is 0 Å². The first kappa shape index (κ1) is 16.7. The van der Waals surface area contributed by atoms with Gasteiger partial charge in [-0.05, 0) is 43.5 Å². The third-order valence-electron chi connectivity index (χ3n) is 3.11. The molecular weight excluding hydrogens is 300 g/mol. The lowest BCUT2D eigenvalue weighted by molar-refractivity contribution is 0.275. The van der Waals surface area contributed by atoms with Crippen LogP contribution in [0.1, 0.15) is 12.8 Å². The fourth-order valence-corrected chi connectivity index (χ4v) is 5.21. The lowest BCUT2D eigenvalue weighted by Crippen LogP contribution is -2.38. The van der Waals surface area contributed by atoms with E-state index in [2.05, 4.69) is 17.9 Å². The molecule has 1 heterocycles. The van der Waals surface area contributed by atoms with Crippen molar-refractivity contribution < 1.29 is 28.7 Å². The lowest BCUT2D eigenvalue weighted by Gasteiger charge is -2.31. The highest BCUT2D eigenvalue weighted by atomic mass is 32.1. The fourth-order valence-electron chi connectivity index (χ4n) is 2.22. The second kappa shape index (κ2) is 6.37. The molecule has 0 radical (unpaired) electrons. The molecule has 18 heavy (non-hydrogen) atoms. The van der Waals surface area contributed by atoms with Crippen LogP contribution in [-0.4, -0.2) is 43.8 Å². The molecule has 0 aromatic carbocycles. The Hall–Kier alpha value is 0.610. The quantitative estimate of drug-likeness (QED) is 0.316. The summed E-state index contributed by atoms with van der Waals surface area (Å²) < 4.78 is 22.3. The molecule has 1 fully saturated rings.